The molecule has 0 spiro atoms. The van der Waals surface area contributed by atoms with Crippen molar-refractivity contribution < 1.29 is 13.2 Å². The van der Waals surface area contributed by atoms with Gasteiger partial charge in [-0.25, -0.2) is 9.97 Å². The molecule has 0 atom stereocenters. The van der Waals surface area contributed by atoms with Gasteiger partial charge in [-0.2, -0.15) is 8.78 Å². The predicted molar refractivity (Wildman–Crippen MR) is 54.3 cm³/mol. The SMILES string of the molecule is Cc1coc(SCc2nccn2C(F)F)n1. The second-order valence-corrected chi connectivity index (χ2v) is 4.00. The lowest BCUT2D eigenvalue weighted by Crippen LogP contribution is -2.01. The van der Waals surface area contributed by atoms with Gasteiger partial charge in [-0.15, -0.1) is 0 Å². The van der Waals surface area contributed by atoms with Crippen molar-refractivity contribution in [1.29, 1.82) is 0 Å². The van der Waals surface area contributed by atoms with E-state index in [1.807, 2.05) is 0 Å². The Morgan fingerprint density at radius 1 is 1.56 bits per heavy atom. The number of aromatic nitrogens is 3. The van der Waals surface area contributed by atoms with Gasteiger partial charge in [-0.1, -0.05) is 11.8 Å². The first-order valence-corrected chi connectivity index (χ1v) is 5.50. The van der Waals surface area contributed by atoms with Gasteiger partial charge in [0.15, 0.2) is 0 Å². The number of oxazole rings is 1. The van der Waals surface area contributed by atoms with Gasteiger partial charge in [0.05, 0.1) is 11.4 Å². The molecule has 0 saturated heterocycles. The molecule has 4 nitrogen and oxygen atoms in total. The van der Waals surface area contributed by atoms with Crippen molar-refractivity contribution in [1.82, 2.24) is 14.5 Å². The molecule has 0 saturated carbocycles. The third-order valence-corrected chi connectivity index (χ3v) is 2.72. The maximum atomic E-state index is 12.5. The van der Waals surface area contributed by atoms with Gasteiger partial charge in [0.1, 0.15) is 12.1 Å². The zero-order valence-electron chi connectivity index (χ0n) is 8.43. The fourth-order valence-corrected chi connectivity index (χ4v) is 1.96. The second-order valence-electron chi connectivity index (χ2n) is 3.07. The van der Waals surface area contributed by atoms with Gasteiger partial charge in [-0.05, 0) is 6.92 Å². The summed E-state index contributed by atoms with van der Waals surface area (Å²) in [6.45, 7) is -0.766. The molecule has 86 valence electrons. The number of thioether (sulfide) groups is 1. The molecular weight excluding hydrogens is 236 g/mol. The molecule has 0 N–H and O–H groups in total. The van der Waals surface area contributed by atoms with E-state index in [0.29, 0.717) is 16.8 Å². The summed E-state index contributed by atoms with van der Waals surface area (Å²) in [5.74, 6) is 0.605. The Kier molecular flexibility index (Phi) is 3.23. The van der Waals surface area contributed by atoms with Gasteiger partial charge in [0.2, 0.25) is 0 Å². The molecule has 0 aliphatic heterocycles. The van der Waals surface area contributed by atoms with Crippen LogP contribution in [0.1, 0.15) is 18.1 Å². The van der Waals surface area contributed by atoms with Gasteiger partial charge < -0.3 is 4.42 Å². The molecule has 0 aliphatic rings. The third-order valence-electron chi connectivity index (χ3n) is 1.88. The fraction of sp³-hybridized carbons (Fsp3) is 0.333. The normalized spacial score (nSPS) is 11.2. The van der Waals surface area contributed by atoms with Crippen LogP contribution in [-0.4, -0.2) is 14.5 Å². The monoisotopic (exact) mass is 245 g/mol. The standard InChI is InChI=1S/C9H9F2N3OS/c1-6-4-15-9(13-6)16-5-7-12-2-3-14(7)8(10)11/h2-4,8H,5H2,1H3. The number of hydrogen-bond acceptors (Lipinski definition) is 4. The van der Waals surface area contributed by atoms with E-state index in [1.165, 1.54) is 30.4 Å². The zero-order chi connectivity index (χ0) is 11.5. The smallest absolute Gasteiger partial charge is 0.319 e. The van der Waals surface area contributed by atoms with Crippen molar-refractivity contribution in [3.8, 4) is 0 Å². The predicted octanol–water partition coefficient (Wildman–Crippen LogP) is 2.87. The second kappa shape index (κ2) is 4.65. The minimum atomic E-state index is -2.57. The zero-order valence-corrected chi connectivity index (χ0v) is 9.25. The first kappa shape index (κ1) is 11.1. The molecule has 2 rings (SSSR count). The Labute approximate surface area is 94.7 Å². The first-order valence-electron chi connectivity index (χ1n) is 4.51. The van der Waals surface area contributed by atoms with Gasteiger partial charge in [-0.3, -0.25) is 4.57 Å². The molecule has 2 aromatic rings. The van der Waals surface area contributed by atoms with Crippen LogP contribution < -0.4 is 0 Å². The Balaban J connectivity index is 2.02. The Morgan fingerprint density at radius 2 is 2.38 bits per heavy atom. The highest BCUT2D eigenvalue weighted by molar-refractivity contribution is 7.98. The molecule has 0 radical (unpaired) electrons. The molecule has 7 heteroatoms. The fourth-order valence-electron chi connectivity index (χ4n) is 1.16. The summed E-state index contributed by atoms with van der Waals surface area (Å²) in [5, 5.41) is 0.460. The topological polar surface area (TPSA) is 43.9 Å². The number of nitrogens with zero attached hydrogens (tertiary/aromatic N) is 3. The van der Waals surface area contributed by atoms with Crippen molar-refractivity contribution in [3.05, 3.63) is 30.2 Å². The summed E-state index contributed by atoms with van der Waals surface area (Å²) < 4.78 is 30.8. The van der Waals surface area contributed by atoms with Crippen LogP contribution in [0.5, 0.6) is 0 Å². The van der Waals surface area contributed by atoms with Crippen LogP contribution in [0.25, 0.3) is 0 Å². The van der Waals surface area contributed by atoms with Crippen molar-refractivity contribution in [3.63, 3.8) is 0 Å². The number of aryl methyl sites for hydroxylation is 1. The molecule has 0 unspecified atom stereocenters. The third kappa shape index (κ3) is 2.41. The Hall–Kier alpha value is -1.37. The lowest BCUT2D eigenvalue weighted by atomic mass is 10.6. The van der Waals surface area contributed by atoms with Gasteiger partial charge in [0, 0.05) is 12.4 Å². The summed E-state index contributed by atoms with van der Waals surface area (Å²) >= 11 is 1.24. The Morgan fingerprint density at radius 3 is 3.00 bits per heavy atom. The van der Waals surface area contributed by atoms with Crippen LogP contribution in [0.2, 0.25) is 0 Å². The van der Waals surface area contributed by atoms with E-state index in [0.717, 1.165) is 10.3 Å². The van der Waals surface area contributed by atoms with Crippen molar-refractivity contribution >= 4 is 11.8 Å². The summed E-state index contributed by atoms with van der Waals surface area (Å²) in [4.78, 5) is 7.91. The van der Waals surface area contributed by atoms with Crippen LogP contribution >= 0.6 is 11.8 Å². The van der Waals surface area contributed by atoms with E-state index >= 15 is 0 Å². The minimum absolute atomic E-state index is 0.302. The van der Waals surface area contributed by atoms with Crippen LogP contribution in [-0.2, 0) is 5.75 Å². The highest BCUT2D eigenvalue weighted by Crippen LogP contribution is 2.23. The van der Waals surface area contributed by atoms with Crippen LogP contribution in [0.4, 0.5) is 8.78 Å². The quantitative estimate of drug-likeness (QED) is 0.777. The molecule has 2 heterocycles. The molecule has 0 aliphatic carbocycles. The van der Waals surface area contributed by atoms with E-state index in [4.69, 9.17) is 4.42 Å². The summed E-state index contributed by atoms with van der Waals surface area (Å²) in [6.07, 6.45) is 4.12. The maximum Gasteiger partial charge on any atom is 0.319 e. The molecule has 2 aromatic heterocycles. The summed E-state index contributed by atoms with van der Waals surface area (Å²) in [5.41, 5.74) is 0.764. The van der Waals surface area contributed by atoms with E-state index < -0.39 is 6.55 Å². The van der Waals surface area contributed by atoms with Crippen molar-refractivity contribution in [2.45, 2.75) is 24.4 Å². The maximum absolute atomic E-state index is 12.5. The van der Waals surface area contributed by atoms with Gasteiger partial charge in [0.25, 0.3) is 5.22 Å². The van der Waals surface area contributed by atoms with Gasteiger partial charge >= 0.3 is 6.55 Å². The average Bonchev–Trinajstić information content (AvgIpc) is 2.83. The largest absolute Gasteiger partial charge is 0.440 e. The lowest BCUT2D eigenvalue weighted by Gasteiger charge is -2.04. The lowest BCUT2D eigenvalue weighted by molar-refractivity contribution is 0.0678. The van der Waals surface area contributed by atoms with Crippen LogP contribution in [0, 0.1) is 6.92 Å². The summed E-state index contributed by atoms with van der Waals surface area (Å²) in [7, 11) is 0. The molecule has 0 fully saturated rings. The van der Waals surface area contributed by atoms with Crippen molar-refractivity contribution in [2.75, 3.05) is 0 Å². The number of hydrogen-bond donors (Lipinski definition) is 0. The van der Waals surface area contributed by atoms with E-state index in [9.17, 15) is 8.78 Å². The molecular formula is C9H9F2N3OS. The highest BCUT2D eigenvalue weighted by atomic mass is 32.2. The van der Waals surface area contributed by atoms with E-state index in [-0.39, 0.29) is 0 Å². The number of rotatable bonds is 4. The molecule has 0 bridgehead atoms. The minimum Gasteiger partial charge on any atom is -0.440 e. The Bertz CT molecular complexity index is 469. The number of imidazole rings is 1. The molecule has 16 heavy (non-hydrogen) atoms. The number of alkyl halides is 2. The first-order chi connectivity index (χ1) is 7.66. The number of halogens is 2. The molecule has 0 amide bonds. The van der Waals surface area contributed by atoms with Crippen molar-refractivity contribution in [2.24, 2.45) is 0 Å². The average molecular weight is 245 g/mol. The highest BCUT2D eigenvalue weighted by Gasteiger charge is 2.12. The van der Waals surface area contributed by atoms with E-state index in [1.54, 1.807) is 6.92 Å². The van der Waals surface area contributed by atoms with E-state index in [2.05, 4.69) is 9.97 Å². The van der Waals surface area contributed by atoms with Crippen LogP contribution in [0.3, 0.4) is 0 Å². The summed E-state index contributed by atoms with van der Waals surface area (Å²) in [6, 6.07) is 0. The molecule has 0 aromatic carbocycles. The van der Waals surface area contributed by atoms with Crippen LogP contribution in [0.15, 0.2) is 28.3 Å².